The van der Waals surface area contributed by atoms with E-state index >= 15 is 0 Å². The van der Waals surface area contributed by atoms with Crippen LogP contribution in [0.25, 0.3) is 11.1 Å². The van der Waals surface area contributed by atoms with Gasteiger partial charge in [-0.05, 0) is 44.0 Å². The zero-order valence-electron chi connectivity index (χ0n) is 18.0. The first kappa shape index (κ1) is 22.0. The normalized spacial score (nSPS) is 10.7. The van der Waals surface area contributed by atoms with Gasteiger partial charge in [-0.15, -0.1) is 0 Å². The molecule has 1 aromatic heterocycles. The smallest absolute Gasteiger partial charge is 0.327 e. The van der Waals surface area contributed by atoms with E-state index in [2.05, 4.69) is 5.10 Å². The summed E-state index contributed by atoms with van der Waals surface area (Å²) in [5.74, 6) is 0.313. The van der Waals surface area contributed by atoms with Crippen molar-refractivity contribution in [2.24, 2.45) is 0 Å². The lowest BCUT2D eigenvalue weighted by Gasteiger charge is -2.12. The van der Waals surface area contributed by atoms with Crippen LogP contribution in [0.15, 0.2) is 42.5 Å². The predicted octanol–water partition coefficient (Wildman–Crippen LogP) is 4.24. The predicted molar refractivity (Wildman–Crippen MR) is 116 cm³/mol. The number of hydrogen-bond acceptors (Lipinski definition) is 6. The van der Waals surface area contributed by atoms with Gasteiger partial charge in [-0.3, -0.25) is 19.6 Å². The number of aromatic nitrogens is 2. The second-order valence-corrected chi connectivity index (χ2v) is 7.13. The Labute approximate surface area is 180 Å². The molecule has 8 heteroatoms. The van der Waals surface area contributed by atoms with Crippen LogP contribution < -0.4 is 4.74 Å². The van der Waals surface area contributed by atoms with Crippen molar-refractivity contribution in [2.75, 3.05) is 13.7 Å². The van der Waals surface area contributed by atoms with Crippen molar-refractivity contribution in [3.05, 3.63) is 75.1 Å². The Morgan fingerprint density at radius 3 is 2.65 bits per heavy atom. The summed E-state index contributed by atoms with van der Waals surface area (Å²) in [5.41, 5.74) is 5.28. The SMILES string of the molecule is CCOC(=O)Cn1nc(C)c(Cc2ccc(OC)c(-c3cccc([N+](=O)[O-])c3)c2)c1C. The third-order valence-corrected chi connectivity index (χ3v) is 5.13. The van der Waals surface area contributed by atoms with Crippen LogP contribution in [0.3, 0.4) is 0 Å². The van der Waals surface area contributed by atoms with Crippen LogP contribution in [-0.2, 0) is 22.5 Å². The molecule has 2 aromatic carbocycles. The Morgan fingerprint density at radius 1 is 1.19 bits per heavy atom. The molecule has 0 saturated carbocycles. The standard InChI is InChI=1S/C23H25N3O5/c1-5-31-23(27)14-25-16(3)20(15(2)24-25)11-17-9-10-22(30-4)21(12-17)18-7-6-8-19(13-18)26(28)29/h6-10,12-13H,5,11,14H2,1-4H3. The maximum Gasteiger partial charge on any atom is 0.327 e. The van der Waals surface area contributed by atoms with Gasteiger partial charge in [0.25, 0.3) is 5.69 Å². The Balaban J connectivity index is 1.94. The molecule has 3 rings (SSSR count). The van der Waals surface area contributed by atoms with Gasteiger partial charge in [-0.2, -0.15) is 5.10 Å². The average Bonchev–Trinajstić information content (AvgIpc) is 3.01. The number of aryl methyl sites for hydroxylation is 1. The van der Waals surface area contributed by atoms with E-state index in [1.54, 1.807) is 24.8 Å². The summed E-state index contributed by atoms with van der Waals surface area (Å²) in [6.07, 6.45) is 0.604. The fraction of sp³-hybridized carbons (Fsp3) is 0.304. The summed E-state index contributed by atoms with van der Waals surface area (Å²) < 4.78 is 12.2. The second-order valence-electron chi connectivity index (χ2n) is 7.13. The number of carbonyl (C=O) groups excluding carboxylic acids is 1. The Morgan fingerprint density at radius 2 is 1.97 bits per heavy atom. The molecule has 0 aliphatic carbocycles. The molecular formula is C23H25N3O5. The number of ether oxygens (including phenoxy) is 2. The number of esters is 1. The minimum atomic E-state index is -0.412. The lowest BCUT2D eigenvalue weighted by Crippen LogP contribution is -2.15. The van der Waals surface area contributed by atoms with Gasteiger partial charge >= 0.3 is 5.97 Å². The number of carbonyl (C=O) groups is 1. The number of methoxy groups -OCH3 is 1. The van der Waals surface area contributed by atoms with E-state index in [-0.39, 0.29) is 18.2 Å². The van der Waals surface area contributed by atoms with Gasteiger partial charge < -0.3 is 9.47 Å². The van der Waals surface area contributed by atoms with E-state index < -0.39 is 4.92 Å². The van der Waals surface area contributed by atoms with E-state index in [1.165, 1.54) is 12.1 Å². The van der Waals surface area contributed by atoms with Crippen molar-refractivity contribution in [3.63, 3.8) is 0 Å². The molecule has 0 saturated heterocycles. The minimum absolute atomic E-state index is 0.0249. The first-order valence-electron chi connectivity index (χ1n) is 9.94. The van der Waals surface area contributed by atoms with E-state index in [9.17, 15) is 14.9 Å². The topological polar surface area (TPSA) is 96.5 Å². The Hall–Kier alpha value is -3.68. The highest BCUT2D eigenvalue weighted by molar-refractivity contribution is 5.73. The highest BCUT2D eigenvalue weighted by Gasteiger charge is 2.17. The maximum absolute atomic E-state index is 11.8. The van der Waals surface area contributed by atoms with Gasteiger partial charge in [0, 0.05) is 35.4 Å². The number of nitrogens with zero attached hydrogens (tertiary/aromatic N) is 3. The molecule has 0 aliphatic heterocycles. The summed E-state index contributed by atoms with van der Waals surface area (Å²) in [6.45, 7) is 6.01. The van der Waals surface area contributed by atoms with Crippen LogP contribution in [0.2, 0.25) is 0 Å². The molecule has 0 aliphatic rings. The number of rotatable bonds is 8. The summed E-state index contributed by atoms with van der Waals surface area (Å²) >= 11 is 0. The average molecular weight is 423 g/mol. The van der Waals surface area contributed by atoms with Crippen molar-refractivity contribution in [1.29, 1.82) is 0 Å². The molecule has 1 heterocycles. The second kappa shape index (κ2) is 9.42. The molecule has 0 spiro atoms. The maximum atomic E-state index is 11.8. The quantitative estimate of drug-likeness (QED) is 0.305. The van der Waals surface area contributed by atoms with Crippen LogP contribution in [0.4, 0.5) is 5.69 Å². The van der Waals surface area contributed by atoms with Gasteiger partial charge in [0.05, 0.1) is 24.3 Å². The van der Waals surface area contributed by atoms with Gasteiger partial charge in [0.2, 0.25) is 0 Å². The molecule has 0 N–H and O–H groups in total. The van der Waals surface area contributed by atoms with E-state index in [4.69, 9.17) is 9.47 Å². The number of non-ortho nitro benzene ring substituents is 1. The van der Waals surface area contributed by atoms with Crippen LogP contribution in [0.5, 0.6) is 5.75 Å². The first-order valence-corrected chi connectivity index (χ1v) is 9.94. The van der Waals surface area contributed by atoms with E-state index in [0.29, 0.717) is 24.3 Å². The number of benzene rings is 2. The first-order chi connectivity index (χ1) is 14.8. The lowest BCUT2D eigenvalue weighted by molar-refractivity contribution is -0.384. The third-order valence-electron chi connectivity index (χ3n) is 5.13. The van der Waals surface area contributed by atoms with Gasteiger partial charge in [-0.25, -0.2) is 0 Å². The van der Waals surface area contributed by atoms with Gasteiger partial charge in [0.15, 0.2) is 0 Å². The molecule has 0 radical (unpaired) electrons. The summed E-state index contributed by atoms with van der Waals surface area (Å²) in [4.78, 5) is 22.6. The minimum Gasteiger partial charge on any atom is -0.496 e. The number of nitro groups is 1. The van der Waals surface area contributed by atoms with Crippen molar-refractivity contribution in [2.45, 2.75) is 33.7 Å². The van der Waals surface area contributed by atoms with Crippen LogP contribution >= 0.6 is 0 Å². The molecule has 0 bridgehead atoms. The summed E-state index contributed by atoms with van der Waals surface area (Å²) in [6, 6.07) is 12.3. The monoisotopic (exact) mass is 423 g/mol. The molecule has 162 valence electrons. The van der Waals surface area contributed by atoms with E-state index in [0.717, 1.165) is 28.1 Å². The highest BCUT2D eigenvalue weighted by Crippen LogP contribution is 2.33. The van der Waals surface area contributed by atoms with Crippen LogP contribution in [0, 0.1) is 24.0 Å². The molecule has 0 unspecified atom stereocenters. The molecule has 0 fully saturated rings. The van der Waals surface area contributed by atoms with Crippen molar-refractivity contribution < 1.29 is 19.2 Å². The largest absolute Gasteiger partial charge is 0.496 e. The zero-order valence-corrected chi connectivity index (χ0v) is 18.0. The van der Waals surface area contributed by atoms with Crippen LogP contribution in [-0.4, -0.2) is 34.4 Å². The van der Waals surface area contributed by atoms with Crippen LogP contribution in [0.1, 0.15) is 29.4 Å². The Bertz CT molecular complexity index is 1120. The molecule has 0 atom stereocenters. The van der Waals surface area contributed by atoms with Crippen molar-refractivity contribution >= 4 is 11.7 Å². The molecular weight excluding hydrogens is 398 g/mol. The molecule has 0 amide bonds. The van der Waals surface area contributed by atoms with Crippen molar-refractivity contribution in [3.8, 4) is 16.9 Å². The molecule has 3 aromatic rings. The fourth-order valence-corrected chi connectivity index (χ4v) is 3.55. The highest BCUT2D eigenvalue weighted by atomic mass is 16.6. The van der Waals surface area contributed by atoms with Crippen molar-refractivity contribution in [1.82, 2.24) is 9.78 Å². The fourth-order valence-electron chi connectivity index (χ4n) is 3.55. The third kappa shape index (κ3) is 4.91. The summed E-state index contributed by atoms with van der Waals surface area (Å²) in [7, 11) is 1.57. The zero-order chi connectivity index (χ0) is 22.5. The number of hydrogen-bond donors (Lipinski definition) is 0. The van der Waals surface area contributed by atoms with Gasteiger partial charge in [0.1, 0.15) is 12.3 Å². The molecule has 31 heavy (non-hydrogen) atoms. The lowest BCUT2D eigenvalue weighted by atomic mass is 9.97. The molecule has 8 nitrogen and oxygen atoms in total. The Kier molecular flexibility index (Phi) is 6.69. The van der Waals surface area contributed by atoms with Gasteiger partial charge in [-0.1, -0.05) is 18.2 Å². The summed E-state index contributed by atoms with van der Waals surface area (Å²) in [5, 5.41) is 15.7. The number of nitro benzene ring substituents is 1. The van der Waals surface area contributed by atoms with E-state index in [1.807, 2.05) is 38.1 Å².